The van der Waals surface area contributed by atoms with Gasteiger partial charge in [-0.05, 0) is 80.6 Å². The number of Topliss-reactive ketones (excluding diaryl/α,β-unsaturated/α-hetero) is 1. The second kappa shape index (κ2) is 5.11. The Hall–Kier alpha value is -0.850. The van der Waals surface area contributed by atoms with Crippen molar-refractivity contribution in [2.45, 2.75) is 66.7 Å². The SMILES string of the molecule is CC(=O)C1=C2CC(C)=C[C@H]3[C@H](C(C)C)CC[C@]3(C)[C@H]2CC1. The first-order valence-electron chi connectivity index (χ1n) is 8.74. The van der Waals surface area contributed by atoms with Crippen molar-refractivity contribution in [2.24, 2.45) is 29.1 Å². The molecule has 0 aromatic rings. The van der Waals surface area contributed by atoms with Gasteiger partial charge in [-0.25, -0.2) is 0 Å². The van der Waals surface area contributed by atoms with Gasteiger partial charge in [0.15, 0.2) is 5.78 Å². The molecule has 1 fully saturated rings. The summed E-state index contributed by atoms with van der Waals surface area (Å²) in [6.45, 7) is 11.3. The Morgan fingerprint density at radius 2 is 2.05 bits per heavy atom. The summed E-state index contributed by atoms with van der Waals surface area (Å²) >= 11 is 0. The maximum atomic E-state index is 12.0. The van der Waals surface area contributed by atoms with Gasteiger partial charge in [0.2, 0.25) is 0 Å². The van der Waals surface area contributed by atoms with Crippen molar-refractivity contribution < 1.29 is 4.79 Å². The van der Waals surface area contributed by atoms with Crippen molar-refractivity contribution in [1.29, 1.82) is 0 Å². The van der Waals surface area contributed by atoms with E-state index in [1.54, 1.807) is 6.92 Å². The number of hydrogen-bond donors (Lipinski definition) is 0. The maximum Gasteiger partial charge on any atom is 0.155 e. The van der Waals surface area contributed by atoms with Crippen LogP contribution in [0, 0.1) is 29.1 Å². The number of allylic oxidation sites excluding steroid dienone is 4. The van der Waals surface area contributed by atoms with Crippen LogP contribution < -0.4 is 0 Å². The van der Waals surface area contributed by atoms with Crippen LogP contribution in [0.25, 0.3) is 0 Å². The lowest BCUT2D eigenvalue weighted by molar-refractivity contribution is -0.113. The Balaban J connectivity index is 2.07. The highest BCUT2D eigenvalue weighted by Crippen LogP contribution is 2.61. The summed E-state index contributed by atoms with van der Waals surface area (Å²) in [4.78, 5) is 12.0. The third-order valence-electron chi connectivity index (χ3n) is 6.74. The first kappa shape index (κ1) is 15.1. The third kappa shape index (κ3) is 2.24. The van der Waals surface area contributed by atoms with Crippen molar-refractivity contribution in [2.75, 3.05) is 0 Å². The van der Waals surface area contributed by atoms with Gasteiger partial charge < -0.3 is 0 Å². The molecule has 0 radical (unpaired) electrons. The Labute approximate surface area is 129 Å². The van der Waals surface area contributed by atoms with E-state index in [1.165, 1.54) is 36.0 Å². The van der Waals surface area contributed by atoms with Crippen LogP contribution in [-0.4, -0.2) is 5.78 Å². The number of carbonyl (C=O) groups is 1. The molecule has 0 saturated heterocycles. The molecule has 0 aromatic carbocycles. The Morgan fingerprint density at radius 3 is 2.67 bits per heavy atom. The zero-order valence-electron chi connectivity index (χ0n) is 14.3. The summed E-state index contributed by atoms with van der Waals surface area (Å²) in [5, 5.41) is 0. The highest BCUT2D eigenvalue weighted by Gasteiger charge is 2.52. The molecule has 0 heterocycles. The fraction of sp³-hybridized carbons (Fsp3) is 0.750. The predicted molar refractivity (Wildman–Crippen MR) is 88.0 cm³/mol. The van der Waals surface area contributed by atoms with Gasteiger partial charge in [-0.1, -0.05) is 38.0 Å². The molecule has 3 aliphatic rings. The third-order valence-corrected chi connectivity index (χ3v) is 6.74. The van der Waals surface area contributed by atoms with Gasteiger partial charge in [0.05, 0.1) is 0 Å². The Bertz CT molecular complexity index is 522. The molecule has 0 aliphatic heterocycles. The number of rotatable bonds is 2. The van der Waals surface area contributed by atoms with E-state index in [4.69, 9.17) is 0 Å². The van der Waals surface area contributed by atoms with E-state index in [-0.39, 0.29) is 0 Å². The summed E-state index contributed by atoms with van der Waals surface area (Å²) < 4.78 is 0. The number of carbonyl (C=O) groups excluding carboxylic acids is 1. The van der Waals surface area contributed by atoms with Crippen LogP contribution in [0.5, 0.6) is 0 Å². The van der Waals surface area contributed by atoms with Crippen LogP contribution in [-0.2, 0) is 4.79 Å². The normalized spacial score (nSPS) is 39.1. The lowest BCUT2D eigenvalue weighted by atomic mass is 9.65. The van der Waals surface area contributed by atoms with E-state index >= 15 is 0 Å². The fourth-order valence-corrected chi connectivity index (χ4v) is 5.64. The van der Waals surface area contributed by atoms with E-state index in [2.05, 4.69) is 33.8 Å². The predicted octanol–water partition coefficient (Wildman–Crippen LogP) is 5.32. The summed E-state index contributed by atoms with van der Waals surface area (Å²) in [7, 11) is 0. The van der Waals surface area contributed by atoms with Crippen LogP contribution in [0.3, 0.4) is 0 Å². The molecule has 21 heavy (non-hydrogen) atoms. The van der Waals surface area contributed by atoms with Crippen LogP contribution >= 0.6 is 0 Å². The quantitative estimate of drug-likeness (QED) is 0.628. The van der Waals surface area contributed by atoms with Gasteiger partial charge in [-0.2, -0.15) is 0 Å². The van der Waals surface area contributed by atoms with Crippen molar-refractivity contribution in [3.8, 4) is 0 Å². The van der Waals surface area contributed by atoms with Gasteiger partial charge in [0.25, 0.3) is 0 Å². The lowest BCUT2D eigenvalue weighted by Crippen LogP contribution is -2.32. The molecule has 0 N–H and O–H groups in total. The molecule has 3 rings (SSSR count). The average Bonchev–Trinajstić information content (AvgIpc) is 2.91. The minimum Gasteiger partial charge on any atom is -0.295 e. The van der Waals surface area contributed by atoms with Gasteiger partial charge in [-0.15, -0.1) is 0 Å². The standard InChI is InChI=1S/C20H30O/c1-12(2)15-8-9-20(5)18-7-6-16(14(4)21)17(18)10-13(3)11-19(15)20/h11-12,15,18-19H,6-10H2,1-5H3/t15-,18-,19-,20+/m0/s1. The van der Waals surface area contributed by atoms with E-state index in [0.717, 1.165) is 24.7 Å². The number of hydrogen-bond acceptors (Lipinski definition) is 1. The average molecular weight is 286 g/mol. The summed E-state index contributed by atoms with van der Waals surface area (Å²) in [6.07, 6.45) is 8.57. The molecule has 0 aromatic heterocycles. The number of ketones is 1. The van der Waals surface area contributed by atoms with Crippen molar-refractivity contribution in [3.05, 3.63) is 22.8 Å². The fourth-order valence-electron chi connectivity index (χ4n) is 5.64. The zero-order valence-corrected chi connectivity index (χ0v) is 14.3. The largest absolute Gasteiger partial charge is 0.295 e. The molecule has 0 spiro atoms. The van der Waals surface area contributed by atoms with Crippen LogP contribution in [0.2, 0.25) is 0 Å². The molecule has 3 aliphatic carbocycles. The first-order chi connectivity index (χ1) is 9.84. The highest BCUT2D eigenvalue weighted by molar-refractivity contribution is 5.94. The molecule has 0 unspecified atom stereocenters. The van der Waals surface area contributed by atoms with Gasteiger partial charge in [0.1, 0.15) is 0 Å². The maximum absolute atomic E-state index is 12.0. The zero-order chi connectivity index (χ0) is 15.4. The lowest BCUT2D eigenvalue weighted by Gasteiger charge is -2.39. The molecule has 4 atom stereocenters. The van der Waals surface area contributed by atoms with E-state index in [0.29, 0.717) is 23.0 Å². The van der Waals surface area contributed by atoms with Gasteiger partial charge in [-0.3, -0.25) is 4.79 Å². The molecule has 1 heteroatoms. The highest BCUT2D eigenvalue weighted by atomic mass is 16.1. The molecule has 0 amide bonds. The smallest absolute Gasteiger partial charge is 0.155 e. The van der Waals surface area contributed by atoms with Crippen molar-refractivity contribution >= 4 is 5.78 Å². The van der Waals surface area contributed by atoms with Gasteiger partial charge in [0, 0.05) is 0 Å². The van der Waals surface area contributed by atoms with Gasteiger partial charge >= 0.3 is 0 Å². The second-order valence-corrected chi connectivity index (χ2v) is 8.32. The molecular formula is C20H30O. The van der Waals surface area contributed by atoms with Crippen LogP contribution in [0.4, 0.5) is 0 Å². The summed E-state index contributed by atoms with van der Waals surface area (Å²) in [6, 6.07) is 0. The minimum absolute atomic E-state index is 0.320. The minimum atomic E-state index is 0.320. The topological polar surface area (TPSA) is 17.1 Å². The van der Waals surface area contributed by atoms with Crippen LogP contribution in [0.1, 0.15) is 66.7 Å². The Morgan fingerprint density at radius 1 is 1.33 bits per heavy atom. The van der Waals surface area contributed by atoms with E-state index in [9.17, 15) is 4.79 Å². The van der Waals surface area contributed by atoms with E-state index in [1.807, 2.05) is 0 Å². The molecule has 1 nitrogen and oxygen atoms in total. The monoisotopic (exact) mass is 286 g/mol. The van der Waals surface area contributed by atoms with Crippen molar-refractivity contribution in [1.82, 2.24) is 0 Å². The number of fused-ring (bicyclic) bond motifs is 3. The molecular weight excluding hydrogens is 256 g/mol. The van der Waals surface area contributed by atoms with Crippen molar-refractivity contribution in [3.63, 3.8) is 0 Å². The first-order valence-corrected chi connectivity index (χ1v) is 8.74. The van der Waals surface area contributed by atoms with Crippen LogP contribution in [0.15, 0.2) is 22.8 Å². The van der Waals surface area contributed by atoms with E-state index < -0.39 is 0 Å². The second-order valence-electron chi connectivity index (χ2n) is 8.32. The molecule has 0 bridgehead atoms. The Kier molecular flexibility index (Phi) is 3.66. The summed E-state index contributed by atoms with van der Waals surface area (Å²) in [5.41, 5.74) is 4.56. The molecule has 1 saturated carbocycles. The molecule has 116 valence electrons. The summed E-state index contributed by atoms with van der Waals surface area (Å²) in [5.74, 6) is 3.27.